The van der Waals surface area contributed by atoms with Gasteiger partial charge in [-0.15, -0.1) is 0 Å². The number of β-lactam (4-membered cyclic amide) rings is 2. The summed E-state index contributed by atoms with van der Waals surface area (Å²) in [5.74, 6) is -0.712. The number of primary amides is 2. The maximum absolute atomic E-state index is 11.7. The fraction of sp³-hybridized carbons (Fsp3) is 0.722. The quantitative estimate of drug-likeness (QED) is 0.435. The first-order valence-electron chi connectivity index (χ1n) is 9.46. The summed E-state index contributed by atoms with van der Waals surface area (Å²) < 4.78 is 0. The molecule has 3 aliphatic rings. The second kappa shape index (κ2) is 9.52. The van der Waals surface area contributed by atoms with E-state index in [-0.39, 0.29) is 29.5 Å². The minimum Gasteiger partial charge on any atom is -0.370 e. The van der Waals surface area contributed by atoms with Gasteiger partial charge in [0.15, 0.2) is 0 Å². The van der Waals surface area contributed by atoms with E-state index in [9.17, 15) is 24.0 Å². The molecule has 0 aromatic heterocycles. The van der Waals surface area contributed by atoms with Crippen LogP contribution in [0.25, 0.3) is 0 Å². The van der Waals surface area contributed by atoms with Gasteiger partial charge in [0.05, 0.1) is 12.0 Å². The predicted octanol–water partition coefficient (Wildman–Crippen LogP) is -1.23. The maximum atomic E-state index is 11.7. The van der Waals surface area contributed by atoms with Crippen molar-refractivity contribution < 1.29 is 24.0 Å². The number of hydrogen-bond acceptors (Lipinski definition) is 5. The molecular formula is C18H31N5O5. The lowest BCUT2D eigenvalue weighted by atomic mass is 9.73. The van der Waals surface area contributed by atoms with Crippen LogP contribution in [-0.4, -0.2) is 59.6 Å². The highest BCUT2D eigenvalue weighted by molar-refractivity contribution is 6.00. The third-order valence-electron chi connectivity index (χ3n) is 5.01. The van der Waals surface area contributed by atoms with E-state index < -0.39 is 11.0 Å². The van der Waals surface area contributed by atoms with E-state index in [1.54, 1.807) is 4.90 Å². The fourth-order valence-corrected chi connectivity index (χ4v) is 3.48. The van der Waals surface area contributed by atoms with Gasteiger partial charge in [-0.3, -0.25) is 24.0 Å². The normalized spacial score (nSPS) is 26.6. The molecule has 3 fully saturated rings. The Bertz CT molecular complexity index is 636. The van der Waals surface area contributed by atoms with Crippen LogP contribution in [0, 0.1) is 5.41 Å². The number of nitrogens with zero attached hydrogens (tertiary/aromatic N) is 1. The van der Waals surface area contributed by atoms with Crippen LogP contribution in [0.3, 0.4) is 0 Å². The van der Waals surface area contributed by atoms with Crippen molar-refractivity contribution in [2.75, 3.05) is 19.6 Å². The minimum absolute atomic E-state index is 0.0321. The Morgan fingerprint density at radius 3 is 1.61 bits per heavy atom. The van der Waals surface area contributed by atoms with Gasteiger partial charge >= 0.3 is 0 Å². The number of likely N-dealkylation sites (tertiary alicyclic amines) is 1. The van der Waals surface area contributed by atoms with Gasteiger partial charge in [-0.05, 0) is 19.3 Å². The number of nitrogens with one attached hydrogen (secondary N) is 2. The van der Waals surface area contributed by atoms with E-state index in [1.807, 2.05) is 13.8 Å². The largest absolute Gasteiger partial charge is 0.370 e. The second-order valence-electron chi connectivity index (χ2n) is 7.39. The summed E-state index contributed by atoms with van der Waals surface area (Å²) in [6.07, 6.45) is 3.21. The van der Waals surface area contributed by atoms with Crippen LogP contribution in [-0.2, 0) is 24.0 Å². The van der Waals surface area contributed by atoms with Crippen LogP contribution in [0.1, 0.15) is 52.9 Å². The molecular weight excluding hydrogens is 366 g/mol. The third-order valence-corrected chi connectivity index (χ3v) is 5.01. The molecule has 3 heterocycles. The van der Waals surface area contributed by atoms with Gasteiger partial charge in [0.1, 0.15) is 5.54 Å². The number of amides is 5. The van der Waals surface area contributed by atoms with Crippen molar-refractivity contribution in [2.24, 2.45) is 16.9 Å². The molecule has 28 heavy (non-hydrogen) atoms. The first kappa shape index (κ1) is 23.4. The summed E-state index contributed by atoms with van der Waals surface area (Å²) in [5.41, 5.74) is 8.27. The molecule has 10 heteroatoms. The third kappa shape index (κ3) is 4.99. The first-order valence-corrected chi connectivity index (χ1v) is 9.46. The number of carbonyl (C=O) groups excluding carboxylic acids is 5. The first-order chi connectivity index (χ1) is 13.0. The fourth-order valence-electron chi connectivity index (χ4n) is 3.48. The van der Waals surface area contributed by atoms with Crippen LogP contribution in [0.4, 0.5) is 0 Å². The molecule has 0 aromatic carbocycles. The molecule has 0 aliphatic carbocycles. The van der Waals surface area contributed by atoms with Crippen LogP contribution in [0.15, 0.2) is 0 Å². The summed E-state index contributed by atoms with van der Waals surface area (Å²) in [6.45, 7) is 6.71. The van der Waals surface area contributed by atoms with Crippen molar-refractivity contribution >= 4 is 29.5 Å². The average Bonchev–Trinajstić information content (AvgIpc) is 3.02. The molecule has 0 saturated carbocycles. The Balaban J connectivity index is 0.000000274. The second-order valence-corrected chi connectivity index (χ2v) is 7.39. The van der Waals surface area contributed by atoms with E-state index in [4.69, 9.17) is 11.5 Å². The van der Waals surface area contributed by atoms with Crippen LogP contribution in [0.2, 0.25) is 0 Å². The summed E-state index contributed by atoms with van der Waals surface area (Å²) in [6, 6.07) is 0. The zero-order chi connectivity index (χ0) is 21.5. The predicted molar refractivity (Wildman–Crippen MR) is 101 cm³/mol. The number of rotatable bonds is 4. The van der Waals surface area contributed by atoms with Gasteiger partial charge in [-0.1, -0.05) is 13.8 Å². The Kier molecular flexibility index (Phi) is 7.95. The Labute approximate surface area is 164 Å². The smallest absolute Gasteiger partial charge is 0.247 e. The average molecular weight is 397 g/mol. The monoisotopic (exact) mass is 397 g/mol. The molecule has 3 saturated heterocycles. The highest BCUT2D eigenvalue weighted by Crippen LogP contribution is 2.47. The standard InChI is InChI=1S/C10H13N3O3.2C4H9NO/c1-6(14)13-5-9(3-11-7(9)15)2-10(13)4-12-8(10)16;2*1-2-3-4(5)6/h2-5H2,1H3,(H,11,15)(H,12,16);2*2-3H2,1H3,(H2,5,6). The number of carbonyl (C=O) groups is 5. The SMILES string of the molecule is CC(=O)N1CC2(CNC2=O)CC12CNC2=O.CCCC(N)=O.CCCC(N)=O. The van der Waals surface area contributed by atoms with Gasteiger partial charge in [0.25, 0.3) is 0 Å². The summed E-state index contributed by atoms with van der Waals surface area (Å²) in [5, 5.41) is 5.36. The molecule has 3 rings (SSSR count). The lowest BCUT2D eigenvalue weighted by molar-refractivity contribution is -0.150. The highest BCUT2D eigenvalue weighted by Gasteiger charge is 2.67. The topological polar surface area (TPSA) is 165 Å². The van der Waals surface area contributed by atoms with Crippen LogP contribution < -0.4 is 22.1 Å². The Morgan fingerprint density at radius 2 is 1.46 bits per heavy atom. The summed E-state index contributed by atoms with van der Waals surface area (Å²) in [7, 11) is 0. The zero-order valence-electron chi connectivity index (χ0n) is 16.8. The van der Waals surface area contributed by atoms with E-state index in [2.05, 4.69) is 10.6 Å². The molecule has 0 aromatic rings. The van der Waals surface area contributed by atoms with Crippen molar-refractivity contribution in [1.82, 2.24) is 15.5 Å². The lowest BCUT2D eigenvalue weighted by Gasteiger charge is -2.44. The van der Waals surface area contributed by atoms with Crippen molar-refractivity contribution in [2.45, 2.75) is 58.4 Å². The maximum Gasteiger partial charge on any atom is 0.247 e. The molecule has 3 aliphatic heterocycles. The van der Waals surface area contributed by atoms with Gasteiger partial charge in [0, 0.05) is 32.9 Å². The summed E-state index contributed by atoms with van der Waals surface area (Å²) in [4.78, 5) is 56.0. The van der Waals surface area contributed by atoms with Crippen LogP contribution >= 0.6 is 0 Å². The number of hydrogen-bond donors (Lipinski definition) is 4. The Hall–Kier alpha value is -2.65. The van der Waals surface area contributed by atoms with Crippen molar-refractivity contribution in [3.63, 3.8) is 0 Å². The molecule has 158 valence electrons. The highest BCUT2D eigenvalue weighted by atomic mass is 16.2. The molecule has 6 N–H and O–H groups in total. The van der Waals surface area contributed by atoms with E-state index in [0.29, 0.717) is 38.9 Å². The van der Waals surface area contributed by atoms with Crippen molar-refractivity contribution in [1.29, 1.82) is 0 Å². The molecule has 2 atom stereocenters. The summed E-state index contributed by atoms with van der Waals surface area (Å²) >= 11 is 0. The molecule has 0 bridgehead atoms. The van der Waals surface area contributed by atoms with Gasteiger partial charge in [-0.25, -0.2) is 0 Å². The van der Waals surface area contributed by atoms with Crippen LogP contribution in [0.5, 0.6) is 0 Å². The molecule has 10 nitrogen and oxygen atoms in total. The lowest BCUT2D eigenvalue weighted by Crippen LogP contribution is -2.71. The van der Waals surface area contributed by atoms with E-state index >= 15 is 0 Å². The van der Waals surface area contributed by atoms with E-state index in [0.717, 1.165) is 12.8 Å². The van der Waals surface area contributed by atoms with Crippen molar-refractivity contribution in [3.05, 3.63) is 0 Å². The molecule has 2 unspecified atom stereocenters. The molecule has 2 spiro atoms. The number of nitrogens with two attached hydrogens (primary N) is 2. The molecule has 0 radical (unpaired) electrons. The van der Waals surface area contributed by atoms with E-state index in [1.165, 1.54) is 6.92 Å². The van der Waals surface area contributed by atoms with Crippen molar-refractivity contribution in [3.8, 4) is 0 Å². The zero-order valence-corrected chi connectivity index (χ0v) is 16.8. The molecule has 5 amide bonds. The Morgan fingerprint density at radius 1 is 0.964 bits per heavy atom. The van der Waals surface area contributed by atoms with Gasteiger partial charge in [0.2, 0.25) is 29.5 Å². The van der Waals surface area contributed by atoms with Gasteiger partial charge < -0.3 is 27.0 Å². The minimum atomic E-state index is -0.746. The van der Waals surface area contributed by atoms with Gasteiger partial charge in [-0.2, -0.15) is 0 Å².